The average molecular weight is 311 g/mol. The summed E-state index contributed by atoms with van der Waals surface area (Å²) in [5, 5.41) is 2.11. The summed E-state index contributed by atoms with van der Waals surface area (Å²) in [4.78, 5) is 9.01. The number of anilines is 1. The van der Waals surface area contributed by atoms with Gasteiger partial charge in [0.25, 0.3) is 0 Å². The third kappa shape index (κ3) is 2.61. The number of nitrogen functional groups attached to an aromatic ring is 1. The Morgan fingerprint density at radius 3 is 2.50 bits per heavy atom. The quantitative estimate of drug-likeness (QED) is 0.539. The third-order valence-electron chi connectivity index (χ3n) is 4.10. The van der Waals surface area contributed by atoms with Crippen LogP contribution in [0.2, 0.25) is 0 Å². The van der Waals surface area contributed by atoms with Gasteiger partial charge >= 0.3 is 0 Å². The van der Waals surface area contributed by atoms with E-state index in [4.69, 9.17) is 5.73 Å². The Hall–Kier alpha value is -3.20. The molecule has 116 valence electrons. The first-order chi connectivity index (χ1) is 11.7. The summed E-state index contributed by atoms with van der Waals surface area (Å²) in [5.41, 5.74) is 11.1. The molecular weight excluding hydrogens is 294 g/mol. The molecule has 0 aliphatic heterocycles. The van der Waals surface area contributed by atoms with Crippen LogP contribution < -0.4 is 5.73 Å². The molecule has 2 aromatic heterocycles. The van der Waals surface area contributed by atoms with Gasteiger partial charge in [-0.05, 0) is 35.7 Å². The van der Waals surface area contributed by atoms with E-state index in [0.717, 1.165) is 32.9 Å². The van der Waals surface area contributed by atoms with E-state index in [9.17, 15) is 0 Å². The minimum Gasteiger partial charge on any atom is -0.382 e. The molecule has 0 saturated heterocycles. The summed E-state index contributed by atoms with van der Waals surface area (Å²) in [6.07, 6.45) is 5.98. The summed E-state index contributed by atoms with van der Waals surface area (Å²) >= 11 is 0. The van der Waals surface area contributed by atoms with Gasteiger partial charge in [-0.3, -0.25) is 4.98 Å². The van der Waals surface area contributed by atoms with E-state index in [0.29, 0.717) is 5.82 Å². The molecule has 0 atom stereocenters. The van der Waals surface area contributed by atoms with Crippen LogP contribution >= 0.6 is 0 Å². The summed E-state index contributed by atoms with van der Waals surface area (Å²) in [6, 6.07) is 18.6. The van der Waals surface area contributed by atoms with Crippen LogP contribution in [0.5, 0.6) is 0 Å². The number of rotatable bonds is 2. The predicted octanol–water partition coefficient (Wildman–Crippen LogP) is 4.84. The molecule has 2 aromatic carbocycles. The van der Waals surface area contributed by atoms with Crippen molar-refractivity contribution in [2.75, 3.05) is 5.73 Å². The summed E-state index contributed by atoms with van der Waals surface area (Å²) in [7, 11) is 0. The summed E-state index contributed by atoms with van der Waals surface area (Å²) in [6.45, 7) is 2.05. The van der Waals surface area contributed by atoms with Crippen LogP contribution in [0.1, 0.15) is 16.7 Å². The highest BCUT2D eigenvalue weighted by molar-refractivity contribution is 6.08. The van der Waals surface area contributed by atoms with Gasteiger partial charge in [0.2, 0.25) is 0 Å². The normalized spacial score (nSPS) is 11.5. The van der Waals surface area contributed by atoms with Crippen LogP contribution in [-0.2, 0) is 0 Å². The molecule has 0 aliphatic rings. The Labute approximate surface area is 140 Å². The lowest BCUT2D eigenvalue weighted by molar-refractivity contribution is 1.35. The smallest absolute Gasteiger partial charge is 0.150 e. The predicted molar refractivity (Wildman–Crippen MR) is 102 cm³/mol. The number of hydrogen-bond acceptors (Lipinski definition) is 3. The maximum absolute atomic E-state index is 6.10. The lowest BCUT2D eigenvalue weighted by Crippen LogP contribution is -1.96. The van der Waals surface area contributed by atoms with Crippen molar-refractivity contribution >= 4 is 39.8 Å². The van der Waals surface area contributed by atoms with Crippen molar-refractivity contribution in [2.24, 2.45) is 0 Å². The number of benzene rings is 2. The fraction of sp³-hybridized carbons (Fsp3) is 0.0476. The monoisotopic (exact) mass is 311 g/mol. The molecule has 2 N–H and O–H groups in total. The maximum Gasteiger partial charge on any atom is 0.150 e. The zero-order chi connectivity index (χ0) is 16.5. The molecule has 0 saturated carbocycles. The van der Waals surface area contributed by atoms with Crippen LogP contribution in [0.15, 0.2) is 60.8 Å². The Bertz CT molecular complexity index is 1070. The Balaban J connectivity index is 1.87. The largest absolute Gasteiger partial charge is 0.382 e. The Morgan fingerprint density at radius 1 is 0.875 bits per heavy atom. The Morgan fingerprint density at radius 2 is 1.67 bits per heavy atom. The molecule has 0 radical (unpaired) electrons. The van der Waals surface area contributed by atoms with Gasteiger partial charge < -0.3 is 5.73 Å². The van der Waals surface area contributed by atoms with Crippen LogP contribution in [0.4, 0.5) is 5.82 Å². The van der Waals surface area contributed by atoms with Crippen molar-refractivity contribution in [2.45, 2.75) is 6.92 Å². The van der Waals surface area contributed by atoms with Gasteiger partial charge in [-0.1, -0.05) is 54.6 Å². The van der Waals surface area contributed by atoms with Crippen molar-refractivity contribution in [3.8, 4) is 0 Å². The van der Waals surface area contributed by atoms with E-state index in [1.165, 1.54) is 5.56 Å². The van der Waals surface area contributed by atoms with Crippen molar-refractivity contribution in [1.82, 2.24) is 9.97 Å². The third-order valence-corrected chi connectivity index (χ3v) is 4.10. The summed E-state index contributed by atoms with van der Waals surface area (Å²) in [5.74, 6) is 0.474. The second kappa shape index (κ2) is 5.78. The number of aromatic nitrogens is 2. The molecule has 4 aromatic rings. The highest BCUT2D eigenvalue weighted by atomic mass is 14.9. The molecule has 0 unspecified atom stereocenters. The topological polar surface area (TPSA) is 51.8 Å². The minimum absolute atomic E-state index is 0.474. The first kappa shape index (κ1) is 14.4. The molecule has 0 fully saturated rings. The molecule has 0 spiro atoms. The van der Waals surface area contributed by atoms with E-state index < -0.39 is 0 Å². The molecule has 0 aliphatic carbocycles. The number of hydrogen-bond donors (Lipinski definition) is 1. The average Bonchev–Trinajstić information content (AvgIpc) is 2.60. The zero-order valence-corrected chi connectivity index (χ0v) is 13.4. The van der Waals surface area contributed by atoms with Gasteiger partial charge in [0.1, 0.15) is 5.52 Å². The number of nitrogens with zero attached hydrogens (tertiary/aromatic N) is 2. The first-order valence-corrected chi connectivity index (χ1v) is 7.89. The van der Waals surface area contributed by atoms with Crippen LogP contribution in [0.3, 0.4) is 0 Å². The fourth-order valence-corrected chi connectivity index (χ4v) is 2.88. The minimum atomic E-state index is 0.474. The molecule has 3 heteroatoms. The molecule has 0 bridgehead atoms. The van der Waals surface area contributed by atoms with E-state index in [-0.39, 0.29) is 0 Å². The first-order valence-electron chi connectivity index (χ1n) is 7.89. The van der Waals surface area contributed by atoms with Gasteiger partial charge in [0, 0.05) is 17.0 Å². The molecule has 3 nitrogen and oxygen atoms in total. The van der Waals surface area contributed by atoms with Gasteiger partial charge in [0.15, 0.2) is 5.82 Å². The lowest BCUT2D eigenvalue weighted by Gasteiger charge is -2.07. The van der Waals surface area contributed by atoms with E-state index in [1.54, 1.807) is 0 Å². The molecule has 4 rings (SSSR count). The number of nitrogens with two attached hydrogens (primary N) is 1. The maximum atomic E-state index is 6.10. The molecule has 0 amide bonds. The number of pyridine rings is 2. The van der Waals surface area contributed by atoms with Gasteiger partial charge in [0.05, 0.1) is 5.52 Å². The number of aryl methyl sites for hydroxylation is 1. The Kier molecular flexibility index (Phi) is 3.47. The standard InChI is InChI=1S/C21H17N3/c1-14-7-10-17-18-12-16(9-8-15-5-3-2-4-6-15)13-23-20(18)21(22)24-19(17)11-14/h2-13H,1H3,(H2,22,24). The fourth-order valence-electron chi connectivity index (χ4n) is 2.88. The zero-order valence-electron chi connectivity index (χ0n) is 13.4. The molecular formula is C21H17N3. The van der Waals surface area contributed by atoms with Gasteiger partial charge in [-0.25, -0.2) is 4.98 Å². The van der Waals surface area contributed by atoms with E-state index in [2.05, 4.69) is 65.4 Å². The van der Waals surface area contributed by atoms with Crippen molar-refractivity contribution in [1.29, 1.82) is 0 Å². The van der Waals surface area contributed by atoms with Crippen molar-refractivity contribution < 1.29 is 0 Å². The second-order valence-corrected chi connectivity index (χ2v) is 5.93. The van der Waals surface area contributed by atoms with Crippen LogP contribution in [-0.4, -0.2) is 9.97 Å². The highest BCUT2D eigenvalue weighted by Gasteiger charge is 2.08. The van der Waals surface area contributed by atoms with Crippen molar-refractivity contribution in [3.05, 3.63) is 77.5 Å². The molecule has 24 heavy (non-hydrogen) atoms. The highest BCUT2D eigenvalue weighted by Crippen LogP contribution is 2.28. The second-order valence-electron chi connectivity index (χ2n) is 5.93. The number of fused-ring (bicyclic) bond motifs is 3. The SMILES string of the molecule is Cc1ccc2c(c1)nc(N)c1ncc(C=Cc3ccccc3)cc12. The van der Waals surface area contributed by atoms with Gasteiger partial charge in [-0.15, -0.1) is 0 Å². The lowest BCUT2D eigenvalue weighted by atomic mass is 10.1. The van der Waals surface area contributed by atoms with Crippen LogP contribution in [0.25, 0.3) is 34.0 Å². The molecule has 2 heterocycles. The summed E-state index contributed by atoms with van der Waals surface area (Å²) < 4.78 is 0. The van der Waals surface area contributed by atoms with Gasteiger partial charge in [-0.2, -0.15) is 0 Å². The van der Waals surface area contributed by atoms with Crippen LogP contribution in [0, 0.1) is 6.92 Å². The van der Waals surface area contributed by atoms with E-state index >= 15 is 0 Å². The van der Waals surface area contributed by atoms with E-state index in [1.807, 2.05) is 24.4 Å². The van der Waals surface area contributed by atoms with Crippen molar-refractivity contribution in [3.63, 3.8) is 0 Å².